The zero-order valence-corrected chi connectivity index (χ0v) is 16.2. The van der Waals surface area contributed by atoms with Gasteiger partial charge in [-0.15, -0.1) is 0 Å². The lowest BCUT2D eigenvalue weighted by molar-refractivity contribution is 0.0687. The van der Waals surface area contributed by atoms with Gasteiger partial charge in [-0.3, -0.25) is 4.79 Å². The Labute approximate surface area is 174 Å². The Balaban J connectivity index is 2.09. The number of carbonyl (C=O) groups is 1. The molecule has 31 heavy (non-hydrogen) atoms. The van der Waals surface area contributed by atoms with E-state index >= 15 is 0 Å². The first-order valence-corrected chi connectivity index (χ1v) is 9.22. The molecule has 7 nitrogen and oxygen atoms in total. The van der Waals surface area contributed by atoms with Crippen LogP contribution in [0.5, 0.6) is 0 Å². The van der Waals surface area contributed by atoms with E-state index in [-0.39, 0.29) is 45.7 Å². The number of aromatic amines is 1. The van der Waals surface area contributed by atoms with Crippen molar-refractivity contribution in [2.24, 2.45) is 0 Å². The van der Waals surface area contributed by atoms with Crippen molar-refractivity contribution in [3.05, 3.63) is 92.7 Å². The van der Waals surface area contributed by atoms with Gasteiger partial charge in [0.15, 0.2) is 0 Å². The fourth-order valence-corrected chi connectivity index (χ4v) is 3.68. The SMILES string of the molecule is Cc1cc2c(-c3ccc[nH]c3=O)c(C(=O)O)n(Cc3cc(N[O-])ccc3F)c2cc1F. The summed E-state index contributed by atoms with van der Waals surface area (Å²) < 4.78 is 30.1. The van der Waals surface area contributed by atoms with Gasteiger partial charge in [0.2, 0.25) is 0 Å². The van der Waals surface area contributed by atoms with Crippen LogP contribution in [0.1, 0.15) is 21.6 Å². The van der Waals surface area contributed by atoms with Gasteiger partial charge in [0.05, 0.1) is 12.1 Å². The van der Waals surface area contributed by atoms with Gasteiger partial charge in [-0.25, -0.2) is 13.6 Å². The first-order chi connectivity index (χ1) is 14.8. The standard InChI is InChI=1S/C22H16F2N3O4/c1-11-7-15-18(9-17(11)24)27(10-12-8-13(26-31)4-5-16(12)23)20(22(29)30)19(15)14-3-2-6-25-21(14)28/h2-9,26H,10H2,1H3,(H,25,28)(H,29,30)/q-1. The summed E-state index contributed by atoms with van der Waals surface area (Å²) in [6.45, 7) is 1.22. The number of benzene rings is 2. The van der Waals surface area contributed by atoms with Gasteiger partial charge in [-0.05, 0) is 55.0 Å². The summed E-state index contributed by atoms with van der Waals surface area (Å²) in [6.07, 6.45) is 1.41. The minimum atomic E-state index is -1.37. The van der Waals surface area contributed by atoms with Crippen LogP contribution in [-0.2, 0) is 6.54 Å². The summed E-state index contributed by atoms with van der Waals surface area (Å²) in [4.78, 5) is 27.2. The Bertz CT molecular complexity index is 1390. The number of halogens is 2. The van der Waals surface area contributed by atoms with Crippen LogP contribution in [0.4, 0.5) is 14.5 Å². The molecule has 3 N–H and O–H groups in total. The van der Waals surface area contributed by atoms with E-state index in [0.29, 0.717) is 5.39 Å². The molecular weight excluding hydrogens is 408 g/mol. The zero-order chi connectivity index (χ0) is 22.3. The fourth-order valence-electron chi connectivity index (χ4n) is 3.68. The number of H-pyrrole nitrogens is 1. The number of hydrogen-bond acceptors (Lipinski definition) is 4. The van der Waals surface area contributed by atoms with Crippen molar-refractivity contribution in [2.75, 3.05) is 5.48 Å². The maximum Gasteiger partial charge on any atom is 0.353 e. The number of anilines is 1. The van der Waals surface area contributed by atoms with E-state index in [1.54, 1.807) is 11.5 Å². The fraction of sp³-hybridized carbons (Fsp3) is 0.0909. The van der Waals surface area contributed by atoms with Crippen LogP contribution in [0.25, 0.3) is 22.0 Å². The number of nitrogens with zero attached hydrogens (tertiary/aromatic N) is 1. The molecule has 0 bridgehead atoms. The topological polar surface area (TPSA) is 110 Å². The number of carboxylic acid groups (broad SMARTS) is 1. The quantitative estimate of drug-likeness (QED) is 0.415. The third-order valence-electron chi connectivity index (χ3n) is 5.13. The molecule has 0 amide bonds. The third kappa shape index (κ3) is 3.44. The Kier molecular flexibility index (Phi) is 5.04. The molecule has 2 aromatic heterocycles. The van der Waals surface area contributed by atoms with Crippen LogP contribution in [0.2, 0.25) is 0 Å². The molecule has 0 aliphatic heterocycles. The van der Waals surface area contributed by atoms with E-state index in [2.05, 4.69) is 4.98 Å². The van der Waals surface area contributed by atoms with Gasteiger partial charge in [0.25, 0.3) is 5.56 Å². The van der Waals surface area contributed by atoms with Crippen molar-refractivity contribution < 1.29 is 18.7 Å². The summed E-state index contributed by atoms with van der Waals surface area (Å²) in [5, 5.41) is 21.3. The highest BCUT2D eigenvalue weighted by molar-refractivity contribution is 6.08. The Morgan fingerprint density at radius 1 is 1.19 bits per heavy atom. The minimum absolute atomic E-state index is 0.0229. The normalized spacial score (nSPS) is 11.1. The summed E-state index contributed by atoms with van der Waals surface area (Å²) in [5.41, 5.74) is 1.59. The number of aryl methyl sites for hydroxylation is 1. The van der Waals surface area contributed by atoms with Crippen molar-refractivity contribution in [1.82, 2.24) is 9.55 Å². The van der Waals surface area contributed by atoms with Gasteiger partial charge in [-0.2, -0.15) is 0 Å². The highest BCUT2D eigenvalue weighted by Crippen LogP contribution is 2.36. The molecule has 158 valence electrons. The summed E-state index contributed by atoms with van der Waals surface area (Å²) in [5.74, 6) is -2.61. The Hall–Kier alpha value is -3.98. The molecule has 2 aromatic carbocycles. The molecule has 0 aliphatic rings. The largest absolute Gasteiger partial charge is 0.761 e. The van der Waals surface area contributed by atoms with Crippen molar-refractivity contribution in [1.29, 1.82) is 0 Å². The number of carboxylic acids is 1. The van der Waals surface area contributed by atoms with E-state index in [9.17, 15) is 28.7 Å². The van der Waals surface area contributed by atoms with E-state index in [1.807, 2.05) is 0 Å². The molecule has 0 aliphatic carbocycles. The Morgan fingerprint density at radius 2 is 1.97 bits per heavy atom. The monoisotopic (exact) mass is 424 g/mol. The van der Waals surface area contributed by atoms with E-state index < -0.39 is 23.2 Å². The lowest BCUT2D eigenvalue weighted by Crippen LogP contribution is -2.14. The van der Waals surface area contributed by atoms with Gasteiger partial charge in [0, 0.05) is 34.0 Å². The smallest absolute Gasteiger partial charge is 0.353 e. The average Bonchev–Trinajstić information content (AvgIpc) is 3.03. The number of pyridine rings is 1. The predicted octanol–water partition coefficient (Wildman–Crippen LogP) is 4.24. The molecule has 0 unspecified atom stereocenters. The van der Waals surface area contributed by atoms with Crippen LogP contribution >= 0.6 is 0 Å². The first-order valence-electron chi connectivity index (χ1n) is 9.22. The van der Waals surface area contributed by atoms with Crippen molar-refractivity contribution >= 4 is 22.6 Å². The highest BCUT2D eigenvalue weighted by Gasteiger charge is 2.26. The molecule has 4 rings (SSSR count). The zero-order valence-electron chi connectivity index (χ0n) is 16.2. The summed E-state index contributed by atoms with van der Waals surface area (Å²) in [7, 11) is 0. The molecule has 0 spiro atoms. The van der Waals surface area contributed by atoms with Crippen LogP contribution in [0, 0.1) is 23.8 Å². The van der Waals surface area contributed by atoms with E-state index in [1.165, 1.54) is 42.0 Å². The highest BCUT2D eigenvalue weighted by atomic mass is 19.1. The number of aromatic carboxylic acids is 1. The van der Waals surface area contributed by atoms with Gasteiger partial charge < -0.3 is 25.3 Å². The minimum Gasteiger partial charge on any atom is -0.761 e. The average molecular weight is 424 g/mol. The maximum absolute atomic E-state index is 14.4. The molecule has 0 saturated carbocycles. The van der Waals surface area contributed by atoms with E-state index in [4.69, 9.17) is 0 Å². The van der Waals surface area contributed by atoms with Crippen molar-refractivity contribution in [3.63, 3.8) is 0 Å². The summed E-state index contributed by atoms with van der Waals surface area (Å²) in [6, 6.07) is 9.20. The lowest BCUT2D eigenvalue weighted by atomic mass is 10.0. The van der Waals surface area contributed by atoms with Crippen LogP contribution in [0.15, 0.2) is 53.5 Å². The predicted molar refractivity (Wildman–Crippen MR) is 112 cm³/mol. The van der Waals surface area contributed by atoms with Crippen LogP contribution in [-0.4, -0.2) is 20.6 Å². The summed E-state index contributed by atoms with van der Waals surface area (Å²) >= 11 is 0. The lowest BCUT2D eigenvalue weighted by Gasteiger charge is -2.14. The van der Waals surface area contributed by atoms with Gasteiger partial charge in [0.1, 0.15) is 17.3 Å². The molecule has 4 aromatic rings. The molecule has 0 saturated heterocycles. The molecule has 9 heteroatoms. The molecule has 0 fully saturated rings. The Morgan fingerprint density at radius 3 is 2.65 bits per heavy atom. The molecule has 0 atom stereocenters. The van der Waals surface area contributed by atoms with Gasteiger partial charge >= 0.3 is 5.97 Å². The van der Waals surface area contributed by atoms with E-state index in [0.717, 1.165) is 12.1 Å². The maximum atomic E-state index is 14.4. The van der Waals surface area contributed by atoms with Crippen molar-refractivity contribution in [3.8, 4) is 11.1 Å². The second kappa shape index (κ2) is 7.69. The first kappa shape index (κ1) is 20.3. The number of aromatic nitrogens is 2. The molecular formula is C22H16F2N3O4-. The molecule has 2 heterocycles. The number of nitrogens with one attached hydrogen (secondary N) is 2. The van der Waals surface area contributed by atoms with Crippen molar-refractivity contribution in [2.45, 2.75) is 13.5 Å². The molecule has 0 radical (unpaired) electrons. The van der Waals surface area contributed by atoms with Gasteiger partial charge in [-0.1, -0.05) is 0 Å². The third-order valence-corrected chi connectivity index (χ3v) is 5.13. The second-order valence-electron chi connectivity index (χ2n) is 7.05. The number of hydrogen-bond donors (Lipinski definition) is 3. The van der Waals surface area contributed by atoms with Crippen LogP contribution in [0.3, 0.4) is 0 Å². The number of rotatable bonds is 5. The number of fused-ring (bicyclic) bond motifs is 1. The second-order valence-corrected chi connectivity index (χ2v) is 7.05. The van der Waals surface area contributed by atoms with Crippen LogP contribution < -0.4 is 11.0 Å².